The minimum atomic E-state index is -2.00. The number of nitrogens with one attached hydrogen (secondary N) is 1. The van der Waals surface area contributed by atoms with Crippen LogP contribution in [0.25, 0.3) is 0 Å². The highest BCUT2D eigenvalue weighted by molar-refractivity contribution is 5.94. The van der Waals surface area contributed by atoms with Gasteiger partial charge in [0.05, 0.1) is 6.54 Å². The van der Waals surface area contributed by atoms with Crippen LogP contribution in [0.5, 0.6) is 0 Å². The van der Waals surface area contributed by atoms with E-state index in [-0.39, 0.29) is 0 Å². The number of benzene rings is 1. The predicted octanol–water partition coefficient (Wildman–Crippen LogP) is -0.0101. The fourth-order valence-electron chi connectivity index (χ4n) is 1.02. The molecule has 5 nitrogen and oxygen atoms in total. The van der Waals surface area contributed by atoms with Gasteiger partial charge in [-0.15, -0.1) is 0 Å². The third kappa shape index (κ3) is 4.28. The molecule has 0 aromatic heterocycles. The molecule has 0 spiro atoms. The SMILES string of the molecule is CC(O)(CNC(=O)C#Cc1ccccc1)C(=O)O. The number of carbonyl (C=O) groups is 2. The summed E-state index contributed by atoms with van der Waals surface area (Å²) in [6.45, 7) is 0.699. The van der Waals surface area contributed by atoms with Gasteiger partial charge in [0.25, 0.3) is 5.91 Å². The highest BCUT2D eigenvalue weighted by Crippen LogP contribution is 2.00. The van der Waals surface area contributed by atoms with Gasteiger partial charge in [0.15, 0.2) is 5.60 Å². The van der Waals surface area contributed by atoms with Crippen LogP contribution in [0, 0.1) is 11.8 Å². The molecule has 1 rings (SSSR count). The standard InChI is InChI=1S/C13H13NO4/c1-13(18,12(16)17)9-14-11(15)8-7-10-5-3-2-4-6-10/h2-6,18H,9H2,1H3,(H,14,15)(H,16,17). The van der Waals surface area contributed by atoms with E-state index in [9.17, 15) is 14.7 Å². The molecule has 5 heteroatoms. The summed E-state index contributed by atoms with van der Waals surface area (Å²) in [4.78, 5) is 21.9. The van der Waals surface area contributed by atoms with Crippen LogP contribution in [0.4, 0.5) is 0 Å². The number of hydrogen-bond donors (Lipinski definition) is 3. The summed E-state index contributed by atoms with van der Waals surface area (Å²) in [6, 6.07) is 8.89. The van der Waals surface area contributed by atoms with Crippen molar-refractivity contribution in [3.63, 3.8) is 0 Å². The summed E-state index contributed by atoms with van der Waals surface area (Å²) in [5.74, 6) is 2.88. The molecule has 0 aliphatic carbocycles. The Hall–Kier alpha value is -2.32. The Kier molecular flexibility index (Phi) is 4.46. The summed E-state index contributed by atoms with van der Waals surface area (Å²) in [5.41, 5.74) is -1.32. The first-order valence-electron chi connectivity index (χ1n) is 5.22. The van der Waals surface area contributed by atoms with E-state index in [0.717, 1.165) is 6.92 Å². The molecule has 1 aromatic carbocycles. The number of carboxylic acid groups (broad SMARTS) is 1. The first kappa shape index (κ1) is 13.7. The lowest BCUT2D eigenvalue weighted by Gasteiger charge is -2.16. The molecule has 0 fully saturated rings. The van der Waals surface area contributed by atoms with Gasteiger partial charge in [-0.2, -0.15) is 0 Å². The van der Waals surface area contributed by atoms with Gasteiger partial charge < -0.3 is 15.5 Å². The highest BCUT2D eigenvalue weighted by Gasteiger charge is 2.29. The van der Waals surface area contributed by atoms with Crippen molar-refractivity contribution in [1.82, 2.24) is 5.32 Å². The molecule has 0 aliphatic heterocycles. The van der Waals surface area contributed by atoms with Crippen LogP contribution in [-0.2, 0) is 9.59 Å². The monoisotopic (exact) mass is 247 g/mol. The Morgan fingerprint density at radius 2 is 1.94 bits per heavy atom. The summed E-state index contributed by atoms with van der Waals surface area (Å²) >= 11 is 0. The van der Waals surface area contributed by atoms with E-state index in [1.165, 1.54) is 0 Å². The molecule has 0 saturated heterocycles. The molecular formula is C13H13NO4. The zero-order valence-corrected chi connectivity index (χ0v) is 9.80. The van der Waals surface area contributed by atoms with E-state index in [1.807, 2.05) is 6.07 Å². The van der Waals surface area contributed by atoms with E-state index in [2.05, 4.69) is 17.2 Å². The number of carbonyl (C=O) groups excluding carboxylic acids is 1. The molecule has 0 bridgehead atoms. The van der Waals surface area contributed by atoms with Gasteiger partial charge in [-0.25, -0.2) is 4.79 Å². The van der Waals surface area contributed by atoms with Crippen LogP contribution in [0.15, 0.2) is 30.3 Å². The average molecular weight is 247 g/mol. The molecule has 0 radical (unpaired) electrons. The number of rotatable bonds is 3. The number of hydrogen-bond acceptors (Lipinski definition) is 3. The maximum absolute atomic E-state index is 11.3. The van der Waals surface area contributed by atoms with Crippen molar-refractivity contribution in [2.24, 2.45) is 0 Å². The van der Waals surface area contributed by atoms with Gasteiger partial charge in [0, 0.05) is 11.5 Å². The molecule has 0 aliphatic rings. The summed E-state index contributed by atoms with van der Waals surface area (Å²) < 4.78 is 0. The molecule has 3 N–H and O–H groups in total. The number of aliphatic carboxylic acids is 1. The summed E-state index contributed by atoms with van der Waals surface area (Å²) in [7, 11) is 0. The van der Waals surface area contributed by atoms with Crippen LogP contribution in [0.2, 0.25) is 0 Å². The van der Waals surface area contributed by atoms with Gasteiger partial charge in [-0.3, -0.25) is 4.79 Å². The predicted molar refractivity (Wildman–Crippen MR) is 64.6 cm³/mol. The zero-order valence-electron chi connectivity index (χ0n) is 9.80. The van der Waals surface area contributed by atoms with Crippen molar-refractivity contribution >= 4 is 11.9 Å². The molecular weight excluding hydrogens is 234 g/mol. The van der Waals surface area contributed by atoms with E-state index in [0.29, 0.717) is 5.56 Å². The van der Waals surface area contributed by atoms with E-state index >= 15 is 0 Å². The van der Waals surface area contributed by atoms with Crippen molar-refractivity contribution in [3.05, 3.63) is 35.9 Å². The highest BCUT2D eigenvalue weighted by atomic mass is 16.4. The molecule has 1 aromatic rings. The molecule has 94 valence electrons. The Morgan fingerprint density at radius 1 is 1.33 bits per heavy atom. The second-order valence-corrected chi connectivity index (χ2v) is 3.88. The lowest BCUT2D eigenvalue weighted by molar-refractivity contribution is -0.156. The van der Waals surface area contributed by atoms with Crippen LogP contribution in [-0.4, -0.2) is 34.2 Å². The average Bonchev–Trinajstić information content (AvgIpc) is 2.35. The van der Waals surface area contributed by atoms with Gasteiger partial charge in [0.2, 0.25) is 0 Å². The Bertz CT molecular complexity index is 497. The van der Waals surface area contributed by atoms with Gasteiger partial charge in [-0.05, 0) is 19.1 Å². The second kappa shape index (κ2) is 5.84. The Labute approximate surface area is 104 Å². The maximum Gasteiger partial charge on any atom is 0.337 e. The quantitative estimate of drug-likeness (QED) is 0.656. The minimum absolute atomic E-state index is 0.398. The van der Waals surface area contributed by atoms with Crippen LogP contribution < -0.4 is 5.32 Å². The molecule has 1 atom stereocenters. The second-order valence-electron chi connectivity index (χ2n) is 3.88. The van der Waals surface area contributed by atoms with Crippen molar-refractivity contribution < 1.29 is 19.8 Å². The third-order valence-electron chi connectivity index (χ3n) is 2.15. The Morgan fingerprint density at radius 3 is 2.50 bits per heavy atom. The summed E-state index contributed by atoms with van der Waals surface area (Å²) in [6.07, 6.45) is 0. The van der Waals surface area contributed by atoms with Crippen molar-refractivity contribution in [2.45, 2.75) is 12.5 Å². The van der Waals surface area contributed by atoms with Crippen LogP contribution in [0.1, 0.15) is 12.5 Å². The smallest absolute Gasteiger partial charge is 0.337 e. The van der Waals surface area contributed by atoms with Crippen molar-refractivity contribution in [3.8, 4) is 11.8 Å². The lowest BCUT2D eigenvalue weighted by Crippen LogP contribution is -2.46. The lowest BCUT2D eigenvalue weighted by atomic mass is 10.1. The molecule has 18 heavy (non-hydrogen) atoms. The molecule has 1 unspecified atom stereocenters. The largest absolute Gasteiger partial charge is 0.479 e. The fourth-order valence-corrected chi connectivity index (χ4v) is 1.02. The topological polar surface area (TPSA) is 86.6 Å². The van der Waals surface area contributed by atoms with E-state index < -0.39 is 24.0 Å². The van der Waals surface area contributed by atoms with Crippen LogP contribution >= 0.6 is 0 Å². The first-order chi connectivity index (χ1) is 8.42. The zero-order chi connectivity index (χ0) is 13.6. The third-order valence-corrected chi connectivity index (χ3v) is 2.15. The first-order valence-corrected chi connectivity index (χ1v) is 5.22. The molecule has 1 amide bonds. The van der Waals surface area contributed by atoms with Crippen molar-refractivity contribution in [2.75, 3.05) is 6.54 Å². The number of aliphatic hydroxyl groups is 1. The van der Waals surface area contributed by atoms with E-state index in [4.69, 9.17) is 5.11 Å². The van der Waals surface area contributed by atoms with E-state index in [1.54, 1.807) is 24.3 Å². The number of amides is 1. The van der Waals surface area contributed by atoms with Gasteiger partial charge in [0.1, 0.15) is 0 Å². The Balaban J connectivity index is 2.54. The van der Waals surface area contributed by atoms with Gasteiger partial charge in [-0.1, -0.05) is 24.1 Å². The fraction of sp³-hybridized carbons (Fsp3) is 0.231. The maximum atomic E-state index is 11.3. The van der Waals surface area contributed by atoms with Gasteiger partial charge >= 0.3 is 5.97 Å². The minimum Gasteiger partial charge on any atom is -0.479 e. The number of carboxylic acids is 1. The molecule has 0 heterocycles. The van der Waals surface area contributed by atoms with Crippen molar-refractivity contribution in [1.29, 1.82) is 0 Å². The molecule has 0 saturated carbocycles. The van der Waals surface area contributed by atoms with Crippen LogP contribution in [0.3, 0.4) is 0 Å². The summed E-state index contributed by atoms with van der Waals surface area (Å²) in [5, 5.41) is 20.2. The normalized spacial score (nSPS) is 12.8.